The van der Waals surface area contributed by atoms with Crippen molar-refractivity contribution < 1.29 is 14.3 Å². The van der Waals surface area contributed by atoms with E-state index in [0.29, 0.717) is 33.3 Å². The minimum absolute atomic E-state index is 0.121. The van der Waals surface area contributed by atoms with Crippen LogP contribution in [-0.2, 0) is 11.2 Å². The van der Waals surface area contributed by atoms with Crippen molar-refractivity contribution in [1.29, 1.82) is 0 Å². The number of alkyl halides is 1. The zero-order valence-electron chi connectivity index (χ0n) is 15.1. The van der Waals surface area contributed by atoms with Crippen LogP contribution in [0.15, 0.2) is 51.4 Å². The van der Waals surface area contributed by atoms with Crippen LogP contribution in [0.3, 0.4) is 0 Å². The van der Waals surface area contributed by atoms with Crippen LogP contribution in [0.5, 0.6) is 5.75 Å². The third-order valence-electron chi connectivity index (χ3n) is 3.90. The van der Waals surface area contributed by atoms with Crippen LogP contribution in [-0.4, -0.2) is 36.2 Å². The SMILES string of the molecule is N[C@@H](Cc1ccccc1)C(=O)NCC(=O)c1cc(Br)c(OCCCBr)c(Br)c1. The number of halogens is 3. The van der Waals surface area contributed by atoms with E-state index in [1.807, 2.05) is 30.3 Å². The van der Waals surface area contributed by atoms with Crippen LogP contribution in [0.2, 0.25) is 0 Å². The first-order valence-corrected chi connectivity index (χ1v) is 11.4. The summed E-state index contributed by atoms with van der Waals surface area (Å²) in [5.41, 5.74) is 7.38. The maximum Gasteiger partial charge on any atom is 0.237 e. The van der Waals surface area contributed by atoms with Gasteiger partial charge in [-0.25, -0.2) is 0 Å². The molecular formula is C20H21Br3N2O3. The molecule has 0 aromatic heterocycles. The molecule has 0 unspecified atom stereocenters. The molecule has 0 aliphatic carbocycles. The van der Waals surface area contributed by atoms with Gasteiger partial charge < -0.3 is 15.8 Å². The number of nitrogens with one attached hydrogen (secondary N) is 1. The van der Waals surface area contributed by atoms with E-state index in [4.69, 9.17) is 10.5 Å². The number of amides is 1. The van der Waals surface area contributed by atoms with Crippen LogP contribution in [0.25, 0.3) is 0 Å². The Morgan fingerprint density at radius 2 is 1.75 bits per heavy atom. The van der Waals surface area contributed by atoms with Gasteiger partial charge in [-0.2, -0.15) is 0 Å². The van der Waals surface area contributed by atoms with Gasteiger partial charge in [0.25, 0.3) is 0 Å². The quantitative estimate of drug-likeness (QED) is 0.252. The van der Waals surface area contributed by atoms with Crippen molar-refractivity contribution in [2.24, 2.45) is 5.73 Å². The molecule has 0 radical (unpaired) electrons. The summed E-state index contributed by atoms with van der Waals surface area (Å²) in [6.07, 6.45) is 1.28. The molecule has 0 aliphatic heterocycles. The molecule has 150 valence electrons. The molecule has 28 heavy (non-hydrogen) atoms. The summed E-state index contributed by atoms with van der Waals surface area (Å²) in [6, 6.07) is 12.2. The van der Waals surface area contributed by atoms with Crippen LogP contribution < -0.4 is 15.8 Å². The fourth-order valence-electron chi connectivity index (χ4n) is 2.45. The molecule has 0 bridgehead atoms. The number of ether oxygens (including phenoxy) is 1. The average molecular weight is 577 g/mol. The maximum absolute atomic E-state index is 12.5. The number of benzene rings is 2. The highest BCUT2D eigenvalue weighted by Gasteiger charge is 2.17. The lowest BCUT2D eigenvalue weighted by Gasteiger charge is -2.13. The molecule has 0 saturated carbocycles. The minimum Gasteiger partial charge on any atom is -0.491 e. The van der Waals surface area contributed by atoms with Crippen molar-refractivity contribution in [1.82, 2.24) is 5.32 Å². The van der Waals surface area contributed by atoms with Gasteiger partial charge in [0.2, 0.25) is 5.91 Å². The lowest BCUT2D eigenvalue weighted by atomic mass is 10.1. The number of hydrogen-bond acceptors (Lipinski definition) is 4. The van der Waals surface area contributed by atoms with Gasteiger partial charge in [0.05, 0.1) is 28.1 Å². The van der Waals surface area contributed by atoms with E-state index in [2.05, 4.69) is 53.1 Å². The Kier molecular flexibility index (Phi) is 9.64. The molecule has 1 amide bonds. The molecule has 5 nitrogen and oxygen atoms in total. The van der Waals surface area contributed by atoms with E-state index in [0.717, 1.165) is 17.3 Å². The zero-order chi connectivity index (χ0) is 20.5. The predicted molar refractivity (Wildman–Crippen MR) is 121 cm³/mol. The van der Waals surface area contributed by atoms with Gasteiger partial charge in [-0.05, 0) is 62.4 Å². The van der Waals surface area contributed by atoms with Gasteiger partial charge in [-0.1, -0.05) is 46.3 Å². The van der Waals surface area contributed by atoms with Crippen molar-refractivity contribution in [3.05, 3.63) is 62.5 Å². The van der Waals surface area contributed by atoms with Crippen molar-refractivity contribution in [2.75, 3.05) is 18.5 Å². The highest BCUT2D eigenvalue weighted by molar-refractivity contribution is 9.11. The Hall–Kier alpha value is -1.22. The molecule has 0 spiro atoms. The molecule has 2 aromatic carbocycles. The van der Waals surface area contributed by atoms with Gasteiger partial charge in [-0.3, -0.25) is 9.59 Å². The monoisotopic (exact) mass is 574 g/mol. The molecule has 0 saturated heterocycles. The predicted octanol–water partition coefficient (Wildman–Crippen LogP) is 4.24. The van der Waals surface area contributed by atoms with Gasteiger partial charge in [0, 0.05) is 10.9 Å². The van der Waals surface area contributed by atoms with E-state index in [1.54, 1.807) is 12.1 Å². The molecule has 0 aliphatic rings. The number of Topliss-reactive ketones (excluding diaryl/α,β-unsaturated/α-hetero) is 1. The average Bonchev–Trinajstić information content (AvgIpc) is 2.68. The number of nitrogens with two attached hydrogens (primary N) is 1. The number of carbonyl (C=O) groups excluding carboxylic acids is 2. The summed E-state index contributed by atoms with van der Waals surface area (Å²) in [5.74, 6) is 0.0742. The Balaban J connectivity index is 1.92. The third kappa shape index (κ3) is 6.99. The minimum atomic E-state index is -0.709. The zero-order valence-corrected chi connectivity index (χ0v) is 19.8. The molecule has 2 rings (SSSR count). The van der Waals surface area contributed by atoms with Gasteiger partial charge in [0.1, 0.15) is 5.75 Å². The second kappa shape index (κ2) is 11.7. The van der Waals surface area contributed by atoms with Gasteiger partial charge in [-0.15, -0.1) is 0 Å². The fraction of sp³-hybridized carbons (Fsp3) is 0.300. The standard InChI is InChI=1S/C20H21Br3N2O3/c21-7-4-8-28-19-15(22)10-14(11-16(19)23)18(26)12-25-20(27)17(24)9-13-5-2-1-3-6-13/h1-3,5-6,10-11,17H,4,7-9,12,24H2,(H,25,27)/t17-/m0/s1. The first-order valence-electron chi connectivity index (χ1n) is 8.70. The number of rotatable bonds is 10. The van der Waals surface area contributed by atoms with E-state index >= 15 is 0 Å². The van der Waals surface area contributed by atoms with Crippen molar-refractivity contribution >= 4 is 59.5 Å². The maximum atomic E-state index is 12.5. The smallest absolute Gasteiger partial charge is 0.237 e. The fourth-order valence-corrected chi connectivity index (χ4v) is 4.09. The Morgan fingerprint density at radius 3 is 2.36 bits per heavy atom. The number of hydrogen-bond donors (Lipinski definition) is 2. The Morgan fingerprint density at radius 1 is 1.11 bits per heavy atom. The van der Waals surface area contributed by atoms with E-state index in [1.165, 1.54) is 0 Å². The van der Waals surface area contributed by atoms with Crippen molar-refractivity contribution in [3.8, 4) is 5.75 Å². The molecule has 3 N–H and O–H groups in total. The highest BCUT2D eigenvalue weighted by Crippen LogP contribution is 2.35. The molecule has 2 aromatic rings. The van der Waals surface area contributed by atoms with Crippen LogP contribution >= 0.6 is 47.8 Å². The highest BCUT2D eigenvalue weighted by atomic mass is 79.9. The molecule has 1 atom stereocenters. The largest absolute Gasteiger partial charge is 0.491 e. The van der Waals surface area contributed by atoms with Crippen LogP contribution in [0.1, 0.15) is 22.3 Å². The Bertz CT molecular complexity index is 793. The second-order valence-electron chi connectivity index (χ2n) is 6.10. The van der Waals surface area contributed by atoms with E-state index in [-0.39, 0.29) is 18.2 Å². The topological polar surface area (TPSA) is 81.4 Å². The van der Waals surface area contributed by atoms with Crippen molar-refractivity contribution in [3.63, 3.8) is 0 Å². The summed E-state index contributed by atoms with van der Waals surface area (Å²) in [5, 5.41) is 3.47. The summed E-state index contributed by atoms with van der Waals surface area (Å²) in [4.78, 5) is 24.6. The van der Waals surface area contributed by atoms with Gasteiger partial charge >= 0.3 is 0 Å². The summed E-state index contributed by atoms with van der Waals surface area (Å²) in [6.45, 7) is 0.440. The van der Waals surface area contributed by atoms with Crippen molar-refractivity contribution in [2.45, 2.75) is 18.9 Å². The van der Waals surface area contributed by atoms with Crippen LogP contribution in [0.4, 0.5) is 0 Å². The summed E-state index contributed by atoms with van der Waals surface area (Å²) >= 11 is 10.2. The lowest BCUT2D eigenvalue weighted by Crippen LogP contribution is -2.43. The molecule has 8 heteroatoms. The molecule has 0 heterocycles. The molecule has 0 fully saturated rings. The van der Waals surface area contributed by atoms with E-state index < -0.39 is 6.04 Å². The van der Waals surface area contributed by atoms with Gasteiger partial charge in [0.15, 0.2) is 5.78 Å². The Labute approximate surface area is 189 Å². The number of carbonyl (C=O) groups is 2. The summed E-state index contributed by atoms with van der Waals surface area (Å²) < 4.78 is 7.05. The van der Waals surface area contributed by atoms with Crippen LogP contribution in [0, 0.1) is 0 Å². The normalized spacial score (nSPS) is 11.7. The molecular weight excluding hydrogens is 556 g/mol. The number of ketones is 1. The first-order chi connectivity index (χ1) is 13.4. The van der Waals surface area contributed by atoms with E-state index in [9.17, 15) is 9.59 Å². The third-order valence-corrected chi connectivity index (χ3v) is 5.64. The summed E-state index contributed by atoms with van der Waals surface area (Å²) in [7, 11) is 0. The lowest BCUT2D eigenvalue weighted by molar-refractivity contribution is -0.122. The second-order valence-corrected chi connectivity index (χ2v) is 8.60. The first kappa shape index (κ1) is 23.1.